The topological polar surface area (TPSA) is 68.0 Å². The van der Waals surface area contributed by atoms with E-state index in [1.807, 2.05) is 29.8 Å². The number of carbonyl (C=O) groups is 1. The van der Waals surface area contributed by atoms with Crippen LogP contribution in [0.1, 0.15) is 11.3 Å². The van der Waals surface area contributed by atoms with E-state index in [1.54, 1.807) is 12.4 Å². The van der Waals surface area contributed by atoms with Gasteiger partial charge >= 0.3 is 5.97 Å². The summed E-state index contributed by atoms with van der Waals surface area (Å²) in [6, 6.07) is 3.94. The van der Waals surface area contributed by atoms with Crippen LogP contribution < -0.4 is 0 Å². The maximum absolute atomic E-state index is 10.6. The fraction of sp³-hybridized carbons (Fsp3) is 0.308. The Labute approximate surface area is 115 Å². The molecule has 0 saturated heterocycles. The number of nitrogens with zero attached hydrogens (tertiary/aromatic N) is 3. The molecule has 0 aromatic carbocycles. The zero-order valence-electron chi connectivity index (χ0n) is 10.6. The predicted molar refractivity (Wildman–Crippen MR) is 73.3 cm³/mol. The van der Waals surface area contributed by atoms with Gasteiger partial charge in [0, 0.05) is 30.8 Å². The minimum atomic E-state index is -0.829. The lowest BCUT2D eigenvalue weighted by atomic mass is 10.2. The van der Waals surface area contributed by atoms with Crippen LogP contribution in [0.2, 0.25) is 0 Å². The standard InChI is InChI=1S/C13H15N3O2S/c1-10-7-15-13(19-9-12(17)18)16(10)6-4-11-3-2-5-14-8-11/h2-3,5,7-8H,4,6,9H2,1H3,(H,17,18). The lowest BCUT2D eigenvalue weighted by Crippen LogP contribution is -2.07. The Morgan fingerprint density at radius 1 is 1.47 bits per heavy atom. The molecule has 0 saturated carbocycles. The van der Waals surface area contributed by atoms with Gasteiger partial charge in [-0.25, -0.2) is 4.98 Å². The third kappa shape index (κ3) is 3.82. The number of aryl methyl sites for hydroxylation is 2. The van der Waals surface area contributed by atoms with E-state index < -0.39 is 5.97 Å². The van der Waals surface area contributed by atoms with Crippen molar-refractivity contribution in [1.29, 1.82) is 0 Å². The van der Waals surface area contributed by atoms with E-state index in [2.05, 4.69) is 9.97 Å². The minimum absolute atomic E-state index is 0.0311. The summed E-state index contributed by atoms with van der Waals surface area (Å²) in [4.78, 5) is 18.9. The van der Waals surface area contributed by atoms with E-state index in [9.17, 15) is 4.79 Å². The molecule has 2 heterocycles. The van der Waals surface area contributed by atoms with Gasteiger partial charge in [0.25, 0.3) is 0 Å². The number of carboxylic acid groups (broad SMARTS) is 1. The molecule has 5 nitrogen and oxygen atoms in total. The van der Waals surface area contributed by atoms with Crippen LogP contribution in [0.15, 0.2) is 35.9 Å². The van der Waals surface area contributed by atoms with E-state index in [-0.39, 0.29) is 5.75 Å². The highest BCUT2D eigenvalue weighted by Gasteiger charge is 2.09. The van der Waals surface area contributed by atoms with E-state index in [4.69, 9.17) is 5.11 Å². The summed E-state index contributed by atoms with van der Waals surface area (Å²) >= 11 is 1.25. The second-order valence-electron chi connectivity index (χ2n) is 4.13. The normalized spacial score (nSPS) is 10.6. The molecule has 6 heteroatoms. The number of hydrogen-bond acceptors (Lipinski definition) is 4. The van der Waals surface area contributed by atoms with Crippen molar-refractivity contribution in [3.8, 4) is 0 Å². The number of imidazole rings is 1. The molecule has 0 aliphatic heterocycles. The first-order chi connectivity index (χ1) is 9.16. The molecule has 19 heavy (non-hydrogen) atoms. The highest BCUT2D eigenvalue weighted by molar-refractivity contribution is 7.99. The van der Waals surface area contributed by atoms with Crippen LogP contribution >= 0.6 is 11.8 Å². The van der Waals surface area contributed by atoms with Gasteiger partial charge < -0.3 is 9.67 Å². The summed E-state index contributed by atoms with van der Waals surface area (Å²) in [6.45, 7) is 2.75. The van der Waals surface area contributed by atoms with Crippen LogP contribution in [-0.4, -0.2) is 31.4 Å². The predicted octanol–water partition coefficient (Wildman–Crippen LogP) is 2.01. The Morgan fingerprint density at radius 2 is 2.32 bits per heavy atom. The Kier molecular flexibility index (Phi) is 4.57. The van der Waals surface area contributed by atoms with E-state index in [1.165, 1.54) is 11.8 Å². The fourth-order valence-electron chi connectivity index (χ4n) is 1.74. The second kappa shape index (κ2) is 6.38. The van der Waals surface area contributed by atoms with Crippen molar-refractivity contribution < 1.29 is 9.90 Å². The second-order valence-corrected chi connectivity index (χ2v) is 5.07. The van der Waals surface area contributed by atoms with Gasteiger partial charge in [-0.2, -0.15) is 0 Å². The zero-order valence-corrected chi connectivity index (χ0v) is 11.4. The van der Waals surface area contributed by atoms with Crippen molar-refractivity contribution in [3.63, 3.8) is 0 Å². The van der Waals surface area contributed by atoms with Crippen molar-refractivity contribution in [2.75, 3.05) is 5.75 Å². The van der Waals surface area contributed by atoms with E-state index >= 15 is 0 Å². The van der Waals surface area contributed by atoms with Crippen molar-refractivity contribution in [3.05, 3.63) is 42.0 Å². The molecule has 0 spiro atoms. The molecule has 0 atom stereocenters. The molecule has 0 fully saturated rings. The van der Waals surface area contributed by atoms with E-state index in [0.717, 1.165) is 29.4 Å². The van der Waals surface area contributed by atoms with Crippen molar-refractivity contribution >= 4 is 17.7 Å². The summed E-state index contributed by atoms with van der Waals surface area (Å²) in [7, 11) is 0. The highest BCUT2D eigenvalue weighted by Crippen LogP contribution is 2.18. The van der Waals surface area contributed by atoms with Gasteiger partial charge in [0.2, 0.25) is 0 Å². The van der Waals surface area contributed by atoms with Crippen LogP contribution in [0, 0.1) is 6.92 Å². The Hall–Kier alpha value is -1.82. The summed E-state index contributed by atoms with van der Waals surface area (Å²) in [5.74, 6) is -0.798. The van der Waals surface area contributed by atoms with Crippen molar-refractivity contribution in [2.24, 2.45) is 0 Å². The third-order valence-electron chi connectivity index (χ3n) is 2.69. The number of thioether (sulfide) groups is 1. The van der Waals surface area contributed by atoms with Gasteiger partial charge in [-0.05, 0) is 25.0 Å². The van der Waals surface area contributed by atoms with Crippen LogP contribution in [0.3, 0.4) is 0 Å². The average Bonchev–Trinajstić information content (AvgIpc) is 2.76. The molecule has 2 rings (SSSR count). The van der Waals surface area contributed by atoms with Crippen LogP contribution in [0.5, 0.6) is 0 Å². The van der Waals surface area contributed by atoms with Crippen LogP contribution in [0.25, 0.3) is 0 Å². The first-order valence-electron chi connectivity index (χ1n) is 5.92. The number of hydrogen-bond donors (Lipinski definition) is 1. The first kappa shape index (κ1) is 13.6. The molecule has 2 aromatic heterocycles. The van der Waals surface area contributed by atoms with Crippen LogP contribution in [-0.2, 0) is 17.8 Å². The summed E-state index contributed by atoms with van der Waals surface area (Å²) in [5, 5.41) is 9.47. The molecular formula is C13H15N3O2S. The molecule has 0 radical (unpaired) electrons. The molecule has 100 valence electrons. The lowest BCUT2D eigenvalue weighted by Gasteiger charge is -2.09. The maximum Gasteiger partial charge on any atom is 0.313 e. The number of aromatic nitrogens is 3. The van der Waals surface area contributed by atoms with Gasteiger partial charge in [0.15, 0.2) is 5.16 Å². The largest absolute Gasteiger partial charge is 0.481 e. The molecule has 0 amide bonds. The number of rotatable bonds is 6. The third-order valence-corrected chi connectivity index (χ3v) is 3.67. The molecule has 0 aliphatic rings. The molecule has 1 N–H and O–H groups in total. The summed E-state index contributed by atoms with van der Waals surface area (Å²) in [5.41, 5.74) is 2.20. The Morgan fingerprint density at radius 3 is 3.00 bits per heavy atom. The molecule has 0 unspecified atom stereocenters. The minimum Gasteiger partial charge on any atom is -0.481 e. The fourth-order valence-corrected chi connectivity index (χ4v) is 2.51. The quantitative estimate of drug-likeness (QED) is 0.818. The Bertz CT molecular complexity index is 554. The first-order valence-corrected chi connectivity index (χ1v) is 6.91. The molecule has 0 bridgehead atoms. The number of carboxylic acids is 1. The van der Waals surface area contributed by atoms with Gasteiger partial charge in [0.1, 0.15) is 0 Å². The van der Waals surface area contributed by atoms with Crippen molar-refractivity contribution in [2.45, 2.75) is 25.0 Å². The maximum atomic E-state index is 10.6. The Balaban J connectivity index is 2.03. The molecular weight excluding hydrogens is 262 g/mol. The van der Waals surface area contributed by atoms with Gasteiger partial charge in [-0.15, -0.1) is 0 Å². The van der Waals surface area contributed by atoms with Gasteiger partial charge in [-0.1, -0.05) is 17.8 Å². The zero-order chi connectivity index (χ0) is 13.7. The van der Waals surface area contributed by atoms with Gasteiger partial charge in [-0.3, -0.25) is 9.78 Å². The monoisotopic (exact) mass is 277 g/mol. The number of aliphatic carboxylic acids is 1. The highest BCUT2D eigenvalue weighted by atomic mass is 32.2. The molecule has 0 aliphatic carbocycles. The SMILES string of the molecule is Cc1cnc(SCC(=O)O)n1CCc1cccnc1. The van der Waals surface area contributed by atoms with E-state index in [0.29, 0.717) is 0 Å². The summed E-state index contributed by atoms with van der Waals surface area (Å²) in [6.07, 6.45) is 6.22. The van der Waals surface area contributed by atoms with Crippen LogP contribution in [0.4, 0.5) is 0 Å². The van der Waals surface area contributed by atoms with Crippen molar-refractivity contribution in [1.82, 2.24) is 14.5 Å². The lowest BCUT2D eigenvalue weighted by molar-refractivity contribution is -0.133. The van der Waals surface area contributed by atoms with Gasteiger partial charge in [0.05, 0.1) is 5.75 Å². The smallest absolute Gasteiger partial charge is 0.313 e. The number of pyridine rings is 1. The summed E-state index contributed by atoms with van der Waals surface area (Å²) < 4.78 is 2.04. The average molecular weight is 277 g/mol. The molecule has 2 aromatic rings.